The Labute approximate surface area is 93.0 Å². The first-order valence-corrected chi connectivity index (χ1v) is 6.62. The summed E-state index contributed by atoms with van der Waals surface area (Å²) >= 11 is 0. The van der Waals surface area contributed by atoms with E-state index in [1.54, 1.807) is 0 Å². The molecule has 2 aliphatic carbocycles. The topological polar surface area (TPSA) is 29.5 Å². The number of hydrogen-bond donors (Lipinski definition) is 1. The van der Waals surface area contributed by atoms with E-state index in [0.29, 0.717) is 11.8 Å². The largest absolute Gasteiger partial charge is 0.390 e. The lowest BCUT2D eigenvalue weighted by Gasteiger charge is -2.32. The van der Waals surface area contributed by atoms with E-state index in [0.717, 1.165) is 6.61 Å². The van der Waals surface area contributed by atoms with Gasteiger partial charge in [0.15, 0.2) is 0 Å². The molecule has 0 aromatic heterocycles. The maximum absolute atomic E-state index is 10.4. The van der Waals surface area contributed by atoms with Crippen LogP contribution in [0, 0.1) is 11.8 Å². The lowest BCUT2D eigenvalue weighted by Crippen LogP contribution is -2.38. The van der Waals surface area contributed by atoms with Gasteiger partial charge in [-0.15, -0.1) is 0 Å². The normalized spacial score (nSPS) is 27.6. The Morgan fingerprint density at radius 1 is 1.07 bits per heavy atom. The zero-order chi connectivity index (χ0) is 10.7. The summed E-state index contributed by atoms with van der Waals surface area (Å²) in [4.78, 5) is 0. The van der Waals surface area contributed by atoms with Gasteiger partial charge in [0.2, 0.25) is 0 Å². The fraction of sp³-hybridized carbons (Fsp3) is 1.00. The number of ether oxygens (including phenoxy) is 1. The molecule has 0 radical (unpaired) electrons. The van der Waals surface area contributed by atoms with Crippen molar-refractivity contribution in [3.63, 3.8) is 0 Å². The van der Waals surface area contributed by atoms with E-state index in [2.05, 4.69) is 0 Å². The molecule has 0 bridgehead atoms. The highest BCUT2D eigenvalue weighted by Crippen LogP contribution is 2.39. The number of aliphatic hydroxyl groups is 1. The second kappa shape index (κ2) is 5.31. The van der Waals surface area contributed by atoms with Crippen molar-refractivity contribution in [2.24, 2.45) is 11.8 Å². The van der Waals surface area contributed by atoms with E-state index in [4.69, 9.17) is 4.74 Å². The van der Waals surface area contributed by atoms with Crippen LogP contribution in [0.3, 0.4) is 0 Å². The molecule has 0 spiro atoms. The average Bonchev–Trinajstić information content (AvgIpc) is 3.10. The first-order chi connectivity index (χ1) is 7.33. The average molecular weight is 212 g/mol. The van der Waals surface area contributed by atoms with Crippen LogP contribution in [0.1, 0.15) is 51.9 Å². The van der Waals surface area contributed by atoms with E-state index in [9.17, 15) is 5.11 Å². The van der Waals surface area contributed by atoms with Crippen molar-refractivity contribution in [1.29, 1.82) is 0 Å². The predicted octanol–water partition coefficient (Wildman–Crippen LogP) is 2.74. The van der Waals surface area contributed by atoms with Crippen molar-refractivity contribution in [2.45, 2.75) is 64.1 Å². The van der Waals surface area contributed by atoms with Crippen LogP contribution in [0.5, 0.6) is 0 Å². The van der Waals surface area contributed by atoms with E-state index >= 15 is 0 Å². The van der Waals surface area contributed by atoms with Gasteiger partial charge in [-0.3, -0.25) is 0 Å². The Kier molecular flexibility index (Phi) is 4.04. The molecule has 0 aliphatic heterocycles. The maximum Gasteiger partial charge on any atom is 0.0864 e. The van der Waals surface area contributed by atoms with E-state index in [1.807, 2.05) is 6.92 Å². The van der Waals surface area contributed by atoms with Gasteiger partial charge in [-0.25, -0.2) is 0 Å². The molecule has 15 heavy (non-hydrogen) atoms. The number of hydrogen-bond acceptors (Lipinski definition) is 2. The zero-order valence-electron chi connectivity index (χ0n) is 9.82. The molecule has 2 atom stereocenters. The molecule has 2 nitrogen and oxygen atoms in total. The SMILES string of the molecule is CCOC(C1CC1)C(O)C1CCCCC1. The van der Waals surface area contributed by atoms with Crippen LogP contribution in [0.2, 0.25) is 0 Å². The Bertz CT molecular complexity index is 183. The van der Waals surface area contributed by atoms with E-state index in [-0.39, 0.29) is 12.2 Å². The summed E-state index contributed by atoms with van der Waals surface area (Å²) < 4.78 is 5.73. The Morgan fingerprint density at radius 2 is 1.73 bits per heavy atom. The first kappa shape index (κ1) is 11.4. The molecule has 2 rings (SSSR count). The summed E-state index contributed by atoms with van der Waals surface area (Å²) in [6.07, 6.45) is 8.82. The monoisotopic (exact) mass is 212 g/mol. The van der Waals surface area contributed by atoms with Gasteiger partial charge in [0.1, 0.15) is 0 Å². The second-order valence-electron chi connectivity index (χ2n) is 5.15. The van der Waals surface area contributed by atoms with E-state index in [1.165, 1.54) is 44.9 Å². The van der Waals surface area contributed by atoms with Crippen molar-refractivity contribution < 1.29 is 9.84 Å². The Balaban J connectivity index is 1.87. The quantitative estimate of drug-likeness (QED) is 0.759. The van der Waals surface area contributed by atoms with Crippen LogP contribution >= 0.6 is 0 Å². The van der Waals surface area contributed by atoms with Crippen LogP contribution in [0.15, 0.2) is 0 Å². The maximum atomic E-state index is 10.4. The number of aliphatic hydroxyl groups excluding tert-OH is 1. The lowest BCUT2D eigenvalue weighted by molar-refractivity contribution is -0.0750. The highest BCUT2D eigenvalue weighted by Gasteiger charge is 2.39. The van der Waals surface area contributed by atoms with Gasteiger partial charge >= 0.3 is 0 Å². The van der Waals surface area contributed by atoms with Gasteiger partial charge in [-0.05, 0) is 44.4 Å². The number of rotatable bonds is 5. The fourth-order valence-corrected chi connectivity index (χ4v) is 2.87. The third-order valence-corrected chi connectivity index (χ3v) is 3.92. The third kappa shape index (κ3) is 2.94. The molecule has 0 amide bonds. The van der Waals surface area contributed by atoms with Crippen molar-refractivity contribution in [3.05, 3.63) is 0 Å². The minimum absolute atomic E-state index is 0.137. The minimum Gasteiger partial charge on any atom is -0.390 e. The summed E-state index contributed by atoms with van der Waals surface area (Å²) in [7, 11) is 0. The summed E-state index contributed by atoms with van der Waals surface area (Å²) in [6.45, 7) is 2.77. The van der Waals surface area contributed by atoms with Crippen LogP contribution in [-0.4, -0.2) is 23.9 Å². The van der Waals surface area contributed by atoms with Crippen molar-refractivity contribution >= 4 is 0 Å². The van der Waals surface area contributed by atoms with Crippen molar-refractivity contribution in [2.75, 3.05) is 6.61 Å². The summed E-state index contributed by atoms with van der Waals surface area (Å²) in [5, 5.41) is 10.4. The van der Waals surface area contributed by atoms with Crippen LogP contribution in [0.4, 0.5) is 0 Å². The highest BCUT2D eigenvalue weighted by atomic mass is 16.5. The first-order valence-electron chi connectivity index (χ1n) is 6.62. The molecule has 0 saturated heterocycles. The molecular weight excluding hydrogens is 188 g/mol. The van der Waals surface area contributed by atoms with Gasteiger partial charge in [-0.1, -0.05) is 19.3 Å². The van der Waals surface area contributed by atoms with E-state index < -0.39 is 0 Å². The molecule has 0 aromatic rings. The molecule has 0 heterocycles. The highest BCUT2D eigenvalue weighted by molar-refractivity contribution is 4.90. The zero-order valence-corrected chi connectivity index (χ0v) is 9.82. The summed E-state index contributed by atoms with van der Waals surface area (Å²) in [6, 6.07) is 0. The van der Waals surface area contributed by atoms with Gasteiger partial charge in [0.25, 0.3) is 0 Å². The lowest BCUT2D eigenvalue weighted by atomic mass is 9.82. The standard InChI is InChI=1S/C13H24O2/c1-2-15-13(11-8-9-11)12(14)10-6-4-3-5-7-10/h10-14H,2-9H2,1H3. The third-order valence-electron chi connectivity index (χ3n) is 3.92. The second-order valence-corrected chi connectivity index (χ2v) is 5.15. The molecule has 2 fully saturated rings. The molecular formula is C13H24O2. The Morgan fingerprint density at radius 3 is 2.27 bits per heavy atom. The Hall–Kier alpha value is -0.0800. The molecule has 88 valence electrons. The smallest absolute Gasteiger partial charge is 0.0864 e. The van der Waals surface area contributed by atoms with Crippen LogP contribution in [0.25, 0.3) is 0 Å². The van der Waals surface area contributed by atoms with Crippen LogP contribution < -0.4 is 0 Å². The van der Waals surface area contributed by atoms with Crippen molar-refractivity contribution in [3.8, 4) is 0 Å². The molecule has 2 saturated carbocycles. The molecule has 0 aromatic carbocycles. The predicted molar refractivity (Wildman–Crippen MR) is 60.7 cm³/mol. The molecule has 2 unspecified atom stereocenters. The van der Waals surface area contributed by atoms with Gasteiger partial charge in [-0.2, -0.15) is 0 Å². The molecule has 2 aliphatic rings. The molecule has 2 heteroatoms. The van der Waals surface area contributed by atoms with Gasteiger partial charge in [0.05, 0.1) is 12.2 Å². The van der Waals surface area contributed by atoms with Gasteiger partial charge < -0.3 is 9.84 Å². The van der Waals surface area contributed by atoms with Crippen molar-refractivity contribution in [1.82, 2.24) is 0 Å². The van der Waals surface area contributed by atoms with Crippen LogP contribution in [-0.2, 0) is 4.74 Å². The fourth-order valence-electron chi connectivity index (χ4n) is 2.87. The summed E-state index contributed by atoms with van der Waals surface area (Å²) in [5.74, 6) is 1.16. The summed E-state index contributed by atoms with van der Waals surface area (Å²) in [5.41, 5.74) is 0. The van der Waals surface area contributed by atoms with Gasteiger partial charge in [0, 0.05) is 6.61 Å². The minimum atomic E-state index is -0.197. The molecule has 1 N–H and O–H groups in total.